The number of aromatic nitrogens is 1. The summed E-state index contributed by atoms with van der Waals surface area (Å²) in [5.41, 5.74) is 1.84. The van der Waals surface area contributed by atoms with E-state index in [4.69, 9.17) is 14.3 Å². The topological polar surface area (TPSA) is 79.0 Å². The van der Waals surface area contributed by atoms with E-state index in [1.165, 1.54) is 0 Å². The van der Waals surface area contributed by atoms with Crippen LogP contribution in [0.3, 0.4) is 0 Å². The molecular weight excluding hydrogens is 382 g/mol. The number of likely N-dealkylation sites (N-methyl/N-ethyl adjacent to an activating group) is 1. The molecule has 1 aliphatic rings. The van der Waals surface area contributed by atoms with Crippen LogP contribution in [0.15, 0.2) is 34.9 Å². The van der Waals surface area contributed by atoms with E-state index in [0.29, 0.717) is 11.9 Å². The number of rotatable bonds is 8. The predicted molar refractivity (Wildman–Crippen MR) is 109 cm³/mol. The third-order valence-electron chi connectivity index (χ3n) is 5.09. The monoisotopic (exact) mass is 409 g/mol. The maximum absolute atomic E-state index is 11.0. The van der Waals surface area contributed by atoms with Crippen LogP contribution in [-0.2, 0) is 11.3 Å². The number of ether oxygens (including phenoxy) is 1. The molecule has 0 saturated carbocycles. The van der Waals surface area contributed by atoms with E-state index in [1.807, 2.05) is 31.2 Å². The van der Waals surface area contributed by atoms with Crippen molar-refractivity contribution in [3.05, 3.63) is 36.2 Å². The summed E-state index contributed by atoms with van der Waals surface area (Å²) in [5, 5.41) is 9.04. The third-order valence-corrected chi connectivity index (χ3v) is 5.09. The number of carboxylic acid groups (broad SMARTS) is 1. The summed E-state index contributed by atoms with van der Waals surface area (Å²) in [6.07, 6.45) is 3.67. The number of carboxylic acids is 1. The van der Waals surface area contributed by atoms with Crippen LogP contribution in [-0.4, -0.2) is 65.2 Å². The Balaban J connectivity index is 0.00000280. The SMILES string of the molecule is CCN(CC(=O)O)C1CCN(Cc2coc(-c3ccc(OC)cc3)n2)CC1.Cl. The van der Waals surface area contributed by atoms with Crippen molar-refractivity contribution in [2.75, 3.05) is 33.3 Å². The molecule has 0 spiro atoms. The average Bonchev–Trinajstić information content (AvgIpc) is 3.15. The van der Waals surface area contributed by atoms with Crippen molar-refractivity contribution in [2.24, 2.45) is 0 Å². The predicted octanol–water partition coefficient (Wildman–Crippen LogP) is 3.14. The van der Waals surface area contributed by atoms with Crippen LogP contribution in [0.25, 0.3) is 11.5 Å². The molecule has 2 aromatic rings. The molecule has 154 valence electrons. The van der Waals surface area contributed by atoms with Gasteiger partial charge in [-0.25, -0.2) is 4.98 Å². The van der Waals surface area contributed by atoms with E-state index < -0.39 is 5.97 Å². The van der Waals surface area contributed by atoms with E-state index in [9.17, 15) is 4.79 Å². The zero-order chi connectivity index (χ0) is 19.2. The van der Waals surface area contributed by atoms with Gasteiger partial charge in [0.05, 0.1) is 19.3 Å². The standard InChI is InChI=1S/C20H27N3O4.ClH/c1-3-23(13-19(24)25)17-8-10-22(11-9-17)12-16-14-27-20(21-16)15-4-6-18(26-2)7-5-15;/h4-7,14,17H,3,8-13H2,1-2H3,(H,24,25);1H. The lowest BCUT2D eigenvalue weighted by atomic mass is 10.0. The van der Waals surface area contributed by atoms with Crippen molar-refractivity contribution in [3.8, 4) is 17.2 Å². The Morgan fingerprint density at radius 1 is 1.32 bits per heavy atom. The van der Waals surface area contributed by atoms with Crippen molar-refractivity contribution in [3.63, 3.8) is 0 Å². The second kappa shape index (κ2) is 10.5. The Bertz CT molecular complexity index is 742. The molecule has 0 bridgehead atoms. The molecule has 0 unspecified atom stereocenters. The number of nitrogens with zero attached hydrogens (tertiary/aromatic N) is 3. The van der Waals surface area contributed by atoms with E-state index in [0.717, 1.165) is 56.0 Å². The van der Waals surface area contributed by atoms with Crippen LogP contribution in [0.1, 0.15) is 25.5 Å². The second-order valence-electron chi connectivity index (χ2n) is 6.84. The van der Waals surface area contributed by atoms with Crippen LogP contribution in [0.5, 0.6) is 5.75 Å². The minimum atomic E-state index is -0.757. The smallest absolute Gasteiger partial charge is 0.317 e. The van der Waals surface area contributed by atoms with E-state index >= 15 is 0 Å². The number of likely N-dealkylation sites (tertiary alicyclic amines) is 1. The highest BCUT2D eigenvalue weighted by molar-refractivity contribution is 5.85. The van der Waals surface area contributed by atoms with Gasteiger partial charge in [-0.1, -0.05) is 6.92 Å². The molecule has 7 nitrogen and oxygen atoms in total. The Hall–Kier alpha value is -2.09. The molecule has 1 saturated heterocycles. The lowest BCUT2D eigenvalue weighted by molar-refractivity contribution is -0.139. The lowest BCUT2D eigenvalue weighted by Crippen LogP contribution is -2.46. The van der Waals surface area contributed by atoms with Crippen LogP contribution in [0, 0.1) is 0 Å². The normalized spacial score (nSPS) is 15.4. The first-order valence-electron chi connectivity index (χ1n) is 9.36. The summed E-state index contributed by atoms with van der Waals surface area (Å²) in [5.74, 6) is 0.659. The number of hydrogen-bond donors (Lipinski definition) is 1. The van der Waals surface area contributed by atoms with Gasteiger partial charge in [-0.3, -0.25) is 14.6 Å². The minimum Gasteiger partial charge on any atom is -0.497 e. The molecule has 28 heavy (non-hydrogen) atoms. The van der Waals surface area contributed by atoms with Crippen molar-refractivity contribution >= 4 is 18.4 Å². The molecule has 0 radical (unpaired) electrons. The first kappa shape index (κ1) is 22.2. The van der Waals surface area contributed by atoms with Crippen molar-refractivity contribution < 1.29 is 19.1 Å². The Morgan fingerprint density at radius 2 is 2.00 bits per heavy atom. The van der Waals surface area contributed by atoms with Gasteiger partial charge in [-0.05, 0) is 43.7 Å². The zero-order valence-corrected chi connectivity index (χ0v) is 17.2. The van der Waals surface area contributed by atoms with Crippen molar-refractivity contribution in [1.82, 2.24) is 14.8 Å². The molecule has 0 atom stereocenters. The zero-order valence-electron chi connectivity index (χ0n) is 16.3. The number of oxazole rings is 1. The van der Waals surface area contributed by atoms with Gasteiger partial charge in [0.2, 0.25) is 5.89 Å². The molecule has 0 aliphatic carbocycles. The van der Waals surface area contributed by atoms with Gasteiger partial charge >= 0.3 is 5.97 Å². The van der Waals surface area contributed by atoms with Gasteiger partial charge in [-0.15, -0.1) is 12.4 Å². The first-order valence-corrected chi connectivity index (χ1v) is 9.36. The molecule has 1 aliphatic heterocycles. The molecule has 0 amide bonds. The highest BCUT2D eigenvalue weighted by atomic mass is 35.5. The summed E-state index contributed by atoms with van der Waals surface area (Å²) < 4.78 is 10.8. The Labute approximate surface area is 171 Å². The summed E-state index contributed by atoms with van der Waals surface area (Å²) in [6.45, 7) is 5.53. The third kappa shape index (κ3) is 5.70. The number of hydrogen-bond acceptors (Lipinski definition) is 6. The van der Waals surface area contributed by atoms with Crippen LogP contribution >= 0.6 is 12.4 Å². The summed E-state index contributed by atoms with van der Waals surface area (Å²) in [4.78, 5) is 20.0. The number of piperidine rings is 1. The molecule has 1 fully saturated rings. The van der Waals surface area contributed by atoms with E-state index in [1.54, 1.807) is 13.4 Å². The van der Waals surface area contributed by atoms with Gasteiger partial charge in [-0.2, -0.15) is 0 Å². The maximum Gasteiger partial charge on any atom is 0.317 e. The average molecular weight is 410 g/mol. The second-order valence-corrected chi connectivity index (χ2v) is 6.84. The molecule has 1 aromatic heterocycles. The van der Waals surface area contributed by atoms with Crippen molar-refractivity contribution in [2.45, 2.75) is 32.4 Å². The van der Waals surface area contributed by atoms with Gasteiger partial charge in [0, 0.05) is 31.2 Å². The molecule has 3 rings (SSSR count). The highest BCUT2D eigenvalue weighted by Gasteiger charge is 2.25. The van der Waals surface area contributed by atoms with Crippen molar-refractivity contribution in [1.29, 1.82) is 0 Å². The van der Waals surface area contributed by atoms with Gasteiger partial charge < -0.3 is 14.3 Å². The van der Waals surface area contributed by atoms with E-state index in [2.05, 4.69) is 14.8 Å². The minimum absolute atomic E-state index is 0. The molecule has 8 heteroatoms. The Morgan fingerprint density at radius 3 is 2.57 bits per heavy atom. The number of methoxy groups -OCH3 is 1. The summed E-state index contributed by atoms with van der Waals surface area (Å²) >= 11 is 0. The molecule has 1 aromatic carbocycles. The van der Waals surface area contributed by atoms with Gasteiger partial charge in [0.1, 0.15) is 12.0 Å². The fraction of sp³-hybridized carbons (Fsp3) is 0.500. The number of halogens is 1. The Kier molecular flexibility index (Phi) is 8.29. The number of benzene rings is 1. The van der Waals surface area contributed by atoms with Crippen LogP contribution < -0.4 is 4.74 Å². The van der Waals surface area contributed by atoms with Crippen LogP contribution in [0.2, 0.25) is 0 Å². The van der Waals surface area contributed by atoms with Gasteiger partial charge in [0.15, 0.2) is 0 Å². The van der Waals surface area contributed by atoms with Gasteiger partial charge in [0.25, 0.3) is 0 Å². The maximum atomic E-state index is 11.0. The number of carbonyl (C=O) groups is 1. The van der Waals surface area contributed by atoms with E-state index in [-0.39, 0.29) is 19.0 Å². The first-order chi connectivity index (χ1) is 13.1. The molecular formula is C20H28ClN3O4. The number of aliphatic carboxylic acids is 1. The molecule has 2 heterocycles. The fourth-order valence-corrected chi connectivity index (χ4v) is 3.59. The summed E-state index contributed by atoms with van der Waals surface area (Å²) in [7, 11) is 1.64. The summed E-state index contributed by atoms with van der Waals surface area (Å²) in [6, 6.07) is 7.99. The largest absolute Gasteiger partial charge is 0.497 e. The lowest BCUT2D eigenvalue weighted by Gasteiger charge is -2.37. The quantitative estimate of drug-likeness (QED) is 0.717. The highest BCUT2D eigenvalue weighted by Crippen LogP contribution is 2.23. The fourth-order valence-electron chi connectivity index (χ4n) is 3.59. The van der Waals surface area contributed by atoms with Crippen LogP contribution in [0.4, 0.5) is 0 Å². The molecule has 1 N–H and O–H groups in total.